The lowest BCUT2D eigenvalue weighted by Crippen LogP contribution is -2.35. The Kier molecular flexibility index (Phi) is 3.11. The van der Waals surface area contributed by atoms with Gasteiger partial charge in [-0.05, 0) is 60.7 Å². The number of benzene rings is 2. The van der Waals surface area contributed by atoms with Crippen molar-refractivity contribution in [2.24, 2.45) is 0 Å². The number of nitriles is 1. The SMILES string of the molecule is Cc1cc2c(c(C)c1C)CC2(C#N)Sc1ccccc1. The van der Waals surface area contributed by atoms with Gasteiger partial charge >= 0.3 is 0 Å². The summed E-state index contributed by atoms with van der Waals surface area (Å²) in [5.41, 5.74) is 6.60. The van der Waals surface area contributed by atoms with Crippen LogP contribution in [0.4, 0.5) is 0 Å². The van der Waals surface area contributed by atoms with Crippen LogP contribution in [0.3, 0.4) is 0 Å². The van der Waals surface area contributed by atoms with E-state index in [0.29, 0.717) is 0 Å². The Morgan fingerprint density at radius 3 is 2.45 bits per heavy atom. The maximum atomic E-state index is 9.72. The van der Waals surface area contributed by atoms with Crippen LogP contribution in [0.5, 0.6) is 0 Å². The molecule has 0 N–H and O–H groups in total. The van der Waals surface area contributed by atoms with Crippen LogP contribution in [0, 0.1) is 32.1 Å². The van der Waals surface area contributed by atoms with Gasteiger partial charge < -0.3 is 0 Å². The van der Waals surface area contributed by atoms with Gasteiger partial charge in [0, 0.05) is 11.3 Å². The Balaban J connectivity index is 2.04. The predicted molar refractivity (Wildman–Crippen MR) is 83.9 cm³/mol. The Morgan fingerprint density at radius 2 is 1.80 bits per heavy atom. The topological polar surface area (TPSA) is 23.8 Å². The molecule has 2 aromatic rings. The Bertz CT molecular complexity index is 712. The van der Waals surface area contributed by atoms with Crippen molar-refractivity contribution in [1.29, 1.82) is 5.26 Å². The molecule has 0 fully saturated rings. The molecule has 2 heteroatoms. The molecule has 0 heterocycles. The third-order valence-corrected chi connectivity index (χ3v) is 5.68. The molecule has 20 heavy (non-hydrogen) atoms. The van der Waals surface area contributed by atoms with Crippen molar-refractivity contribution < 1.29 is 0 Å². The summed E-state index contributed by atoms with van der Waals surface area (Å²) in [6, 6.07) is 15.0. The lowest BCUT2D eigenvalue weighted by molar-refractivity contribution is 0.671. The number of nitrogens with zero attached hydrogens (tertiary/aromatic N) is 1. The van der Waals surface area contributed by atoms with Crippen LogP contribution in [0.15, 0.2) is 41.3 Å². The fourth-order valence-electron chi connectivity index (χ4n) is 2.86. The van der Waals surface area contributed by atoms with Crippen LogP contribution in [-0.2, 0) is 11.2 Å². The van der Waals surface area contributed by atoms with E-state index in [9.17, 15) is 5.26 Å². The van der Waals surface area contributed by atoms with Crippen LogP contribution >= 0.6 is 11.8 Å². The Hall–Kier alpha value is -1.72. The van der Waals surface area contributed by atoms with Gasteiger partial charge in [0.05, 0.1) is 6.07 Å². The second-order valence-corrected chi connectivity index (χ2v) is 6.87. The summed E-state index contributed by atoms with van der Waals surface area (Å²) in [7, 11) is 0. The summed E-state index contributed by atoms with van der Waals surface area (Å²) in [5, 5.41) is 9.72. The second-order valence-electron chi connectivity index (χ2n) is 5.50. The van der Waals surface area contributed by atoms with Crippen LogP contribution in [0.1, 0.15) is 27.8 Å². The van der Waals surface area contributed by atoms with Gasteiger partial charge in [-0.25, -0.2) is 0 Å². The second kappa shape index (κ2) is 4.68. The molecule has 0 saturated carbocycles. The zero-order valence-corrected chi connectivity index (χ0v) is 12.8. The van der Waals surface area contributed by atoms with Gasteiger partial charge in [0.25, 0.3) is 0 Å². The van der Waals surface area contributed by atoms with E-state index in [4.69, 9.17) is 0 Å². The zero-order chi connectivity index (χ0) is 14.3. The number of hydrogen-bond donors (Lipinski definition) is 0. The van der Waals surface area contributed by atoms with Gasteiger partial charge in [0.15, 0.2) is 0 Å². The molecule has 0 amide bonds. The number of thioether (sulfide) groups is 1. The highest BCUT2D eigenvalue weighted by Crippen LogP contribution is 2.53. The first-order valence-electron chi connectivity index (χ1n) is 6.83. The first-order valence-corrected chi connectivity index (χ1v) is 7.64. The Labute approximate surface area is 124 Å². The highest BCUT2D eigenvalue weighted by atomic mass is 32.2. The number of hydrogen-bond acceptors (Lipinski definition) is 2. The van der Waals surface area contributed by atoms with Crippen molar-refractivity contribution in [3.8, 4) is 6.07 Å². The first-order chi connectivity index (χ1) is 9.57. The van der Waals surface area contributed by atoms with Crippen LogP contribution in [0.25, 0.3) is 0 Å². The predicted octanol–water partition coefficient (Wildman–Crippen LogP) is 4.68. The minimum Gasteiger partial charge on any atom is -0.196 e. The molecule has 1 aliphatic carbocycles. The molecule has 2 aromatic carbocycles. The summed E-state index contributed by atoms with van der Waals surface area (Å²) in [4.78, 5) is 1.16. The van der Waals surface area contributed by atoms with Gasteiger partial charge in [0.2, 0.25) is 0 Å². The largest absolute Gasteiger partial charge is 0.196 e. The number of rotatable bonds is 2. The fourth-order valence-corrected chi connectivity index (χ4v) is 4.11. The van der Waals surface area contributed by atoms with E-state index in [0.717, 1.165) is 11.3 Å². The normalized spacial score (nSPS) is 19.9. The maximum Gasteiger partial charge on any atom is 0.136 e. The molecular formula is C18H17NS. The molecule has 0 radical (unpaired) electrons. The molecule has 0 bridgehead atoms. The highest BCUT2D eigenvalue weighted by Gasteiger charge is 2.45. The minimum absolute atomic E-state index is 0.403. The lowest BCUT2D eigenvalue weighted by Gasteiger charge is -2.40. The maximum absolute atomic E-state index is 9.72. The number of fused-ring (bicyclic) bond motifs is 1. The highest BCUT2D eigenvalue weighted by molar-refractivity contribution is 8.00. The standard InChI is InChI=1S/C18H17NS/c1-12-9-17-16(14(3)13(12)2)10-18(17,11-19)20-15-7-5-4-6-8-15/h4-9H,10H2,1-3H3. The van der Waals surface area contributed by atoms with Gasteiger partial charge in [-0.3, -0.25) is 0 Å². The minimum atomic E-state index is -0.403. The zero-order valence-electron chi connectivity index (χ0n) is 12.0. The van der Waals surface area contributed by atoms with Gasteiger partial charge in [-0.2, -0.15) is 5.26 Å². The van der Waals surface area contributed by atoms with Gasteiger partial charge in [-0.1, -0.05) is 36.0 Å². The average molecular weight is 279 g/mol. The molecular weight excluding hydrogens is 262 g/mol. The summed E-state index contributed by atoms with van der Waals surface area (Å²) in [6.45, 7) is 6.48. The van der Waals surface area contributed by atoms with Crippen molar-refractivity contribution in [3.05, 3.63) is 64.2 Å². The summed E-state index contributed by atoms with van der Waals surface area (Å²) in [5.74, 6) is 0. The van der Waals surface area contributed by atoms with E-state index < -0.39 is 4.75 Å². The van der Waals surface area contributed by atoms with Crippen molar-refractivity contribution in [2.75, 3.05) is 0 Å². The third kappa shape index (κ3) is 1.85. The molecule has 3 rings (SSSR count). The van der Waals surface area contributed by atoms with Crippen molar-refractivity contribution in [1.82, 2.24) is 0 Å². The fraction of sp³-hybridized carbons (Fsp3) is 0.278. The molecule has 0 aliphatic heterocycles. The van der Waals surface area contributed by atoms with Crippen molar-refractivity contribution >= 4 is 11.8 Å². The lowest BCUT2D eigenvalue weighted by atomic mass is 9.73. The monoisotopic (exact) mass is 279 g/mol. The summed E-state index contributed by atoms with van der Waals surface area (Å²) >= 11 is 1.68. The van der Waals surface area contributed by atoms with Gasteiger partial charge in [-0.15, -0.1) is 0 Å². The smallest absolute Gasteiger partial charge is 0.136 e. The van der Waals surface area contributed by atoms with Crippen LogP contribution < -0.4 is 0 Å². The van der Waals surface area contributed by atoms with E-state index in [2.05, 4.69) is 45.0 Å². The van der Waals surface area contributed by atoms with Crippen LogP contribution in [0.2, 0.25) is 0 Å². The van der Waals surface area contributed by atoms with E-state index >= 15 is 0 Å². The van der Waals surface area contributed by atoms with Gasteiger partial charge in [0.1, 0.15) is 4.75 Å². The van der Waals surface area contributed by atoms with E-state index in [1.165, 1.54) is 27.8 Å². The molecule has 0 saturated heterocycles. The van der Waals surface area contributed by atoms with Crippen molar-refractivity contribution in [3.63, 3.8) is 0 Å². The first kappa shape index (κ1) is 13.3. The molecule has 0 aromatic heterocycles. The van der Waals surface area contributed by atoms with Crippen molar-refractivity contribution in [2.45, 2.75) is 36.8 Å². The summed E-state index contributed by atoms with van der Waals surface area (Å²) in [6.07, 6.45) is 0.853. The van der Waals surface area contributed by atoms with E-state index in [1.807, 2.05) is 18.2 Å². The third-order valence-electron chi connectivity index (χ3n) is 4.37. The quantitative estimate of drug-likeness (QED) is 0.797. The molecule has 1 atom stereocenters. The van der Waals surface area contributed by atoms with E-state index in [-0.39, 0.29) is 0 Å². The summed E-state index contributed by atoms with van der Waals surface area (Å²) < 4.78 is -0.403. The molecule has 1 unspecified atom stereocenters. The molecule has 0 spiro atoms. The van der Waals surface area contributed by atoms with Crippen LogP contribution in [-0.4, -0.2) is 0 Å². The number of aryl methyl sites for hydroxylation is 1. The Morgan fingerprint density at radius 1 is 1.10 bits per heavy atom. The van der Waals surface area contributed by atoms with E-state index in [1.54, 1.807) is 11.8 Å². The average Bonchev–Trinajstić information content (AvgIpc) is 2.46. The molecule has 100 valence electrons. The molecule has 1 nitrogen and oxygen atoms in total. The molecule has 1 aliphatic rings.